The molecule has 3 nitrogen and oxygen atoms in total. The van der Waals surface area contributed by atoms with Crippen molar-refractivity contribution in [2.75, 3.05) is 33.3 Å². The Hall–Kier alpha value is -0.900. The van der Waals surface area contributed by atoms with Crippen LogP contribution in [-0.4, -0.2) is 44.2 Å². The minimum absolute atomic E-state index is 0.160. The van der Waals surface area contributed by atoms with Gasteiger partial charge in [0.2, 0.25) is 0 Å². The van der Waals surface area contributed by atoms with E-state index in [9.17, 15) is 0 Å². The van der Waals surface area contributed by atoms with E-state index in [-0.39, 0.29) is 6.10 Å². The van der Waals surface area contributed by atoms with Crippen molar-refractivity contribution in [3.05, 3.63) is 35.9 Å². The lowest BCUT2D eigenvalue weighted by Gasteiger charge is -2.33. The molecule has 0 saturated carbocycles. The van der Waals surface area contributed by atoms with E-state index in [2.05, 4.69) is 54.5 Å². The van der Waals surface area contributed by atoms with Gasteiger partial charge in [-0.15, -0.1) is 0 Å². The highest BCUT2D eigenvalue weighted by atomic mass is 16.5. The van der Waals surface area contributed by atoms with E-state index in [4.69, 9.17) is 4.74 Å². The van der Waals surface area contributed by atoms with Crippen LogP contribution in [0, 0.1) is 0 Å². The molecular weight excluding hydrogens is 260 g/mol. The van der Waals surface area contributed by atoms with Gasteiger partial charge in [0, 0.05) is 12.6 Å². The van der Waals surface area contributed by atoms with Crippen molar-refractivity contribution in [1.29, 1.82) is 0 Å². The van der Waals surface area contributed by atoms with Crippen molar-refractivity contribution in [2.45, 2.75) is 44.8 Å². The number of likely N-dealkylation sites (N-methyl/N-ethyl adjacent to an activating group) is 1. The lowest BCUT2D eigenvalue weighted by molar-refractivity contribution is 0.00309. The van der Waals surface area contributed by atoms with Gasteiger partial charge < -0.3 is 15.0 Å². The van der Waals surface area contributed by atoms with E-state index in [1.807, 2.05) is 0 Å². The molecule has 118 valence electrons. The number of likely N-dealkylation sites (tertiary alicyclic amines) is 1. The molecule has 1 aliphatic rings. The maximum absolute atomic E-state index is 6.28. The maximum atomic E-state index is 6.28. The Labute approximate surface area is 129 Å². The third-order valence-electron chi connectivity index (χ3n) is 4.34. The molecule has 1 heterocycles. The van der Waals surface area contributed by atoms with E-state index >= 15 is 0 Å². The molecule has 1 saturated heterocycles. The Morgan fingerprint density at radius 2 is 2.10 bits per heavy atom. The quantitative estimate of drug-likeness (QED) is 0.744. The Morgan fingerprint density at radius 3 is 2.81 bits per heavy atom. The molecule has 1 fully saturated rings. The second-order valence-corrected chi connectivity index (χ2v) is 6.07. The van der Waals surface area contributed by atoms with E-state index in [0.29, 0.717) is 6.04 Å². The summed E-state index contributed by atoms with van der Waals surface area (Å²) in [4.78, 5) is 2.45. The molecule has 2 atom stereocenters. The van der Waals surface area contributed by atoms with Gasteiger partial charge in [0.1, 0.15) is 0 Å². The molecule has 0 spiro atoms. The van der Waals surface area contributed by atoms with Gasteiger partial charge in [0.05, 0.1) is 12.7 Å². The summed E-state index contributed by atoms with van der Waals surface area (Å²) in [7, 11) is 2.22. The molecular formula is C18H30N2O. The zero-order valence-corrected chi connectivity index (χ0v) is 13.6. The second kappa shape index (κ2) is 9.19. The monoisotopic (exact) mass is 290 g/mol. The first-order valence-corrected chi connectivity index (χ1v) is 8.38. The third kappa shape index (κ3) is 5.42. The highest BCUT2D eigenvalue weighted by molar-refractivity contribution is 5.17. The molecule has 0 aliphatic carbocycles. The fraction of sp³-hybridized carbons (Fsp3) is 0.667. The normalized spacial score (nSPS) is 21.3. The van der Waals surface area contributed by atoms with Gasteiger partial charge in [-0.1, -0.05) is 43.7 Å². The molecule has 21 heavy (non-hydrogen) atoms. The van der Waals surface area contributed by atoms with Crippen LogP contribution in [0.4, 0.5) is 0 Å². The van der Waals surface area contributed by atoms with Crippen LogP contribution in [0.3, 0.4) is 0 Å². The summed E-state index contributed by atoms with van der Waals surface area (Å²) in [5.41, 5.74) is 1.28. The molecule has 0 bridgehead atoms. The Kier molecular flexibility index (Phi) is 7.20. The Morgan fingerprint density at radius 1 is 1.29 bits per heavy atom. The predicted molar refractivity (Wildman–Crippen MR) is 88.6 cm³/mol. The number of ether oxygens (including phenoxy) is 1. The van der Waals surface area contributed by atoms with Gasteiger partial charge in [-0.2, -0.15) is 0 Å². The largest absolute Gasteiger partial charge is 0.371 e. The van der Waals surface area contributed by atoms with Crippen molar-refractivity contribution in [3.63, 3.8) is 0 Å². The van der Waals surface area contributed by atoms with Gasteiger partial charge in [-0.25, -0.2) is 0 Å². The van der Waals surface area contributed by atoms with Crippen LogP contribution in [0.1, 0.15) is 44.3 Å². The number of nitrogens with zero attached hydrogens (tertiary/aromatic N) is 1. The Balaban J connectivity index is 1.89. The molecule has 1 aliphatic heterocycles. The maximum Gasteiger partial charge on any atom is 0.0949 e. The first-order valence-electron chi connectivity index (χ1n) is 8.38. The summed E-state index contributed by atoms with van der Waals surface area (Å²) in [6.45, 7) is 6.19. The predicted octanol–water partition coefficient (Wildman–Crippen LogP) is 3.23. The van der Waals surface area contributed by atoms with E-state index in [1.165, 1.54) is 31.4 Å². The second-order valence-electron chi connectivity index (χ2n) is 6.07. The van der Waals surface area contributed by atoms with Crippen LogP contribution >= 0.6 is 0 Å². The standard InChI is InChI=1S/C18H30N2O/c1-3-12-19-14-18(16-9-5-4-6-10-16)21-15-17-11-7-8-13-20(17)2/h4-6,9-10,17-19H,3,7-8,11-15H2,1-2H3. The topological polar surface area (TPSA) is 24.5 Å². The van der Waals surface area contributed by atoms with E-state index in [0.717, 1.165) is 26.1 Å². The molecule has 0 radical (unpaired) electrons. The van der Waals surface area contributed by atoms with Crippen molar-refractivity contribution in [1.82, 2.24) is 10.2 Å². The number of benzene rings is 1. The van der Waals surface area contributed by atoms with Crippen LogP contribution in [-0.2, 0) is 4.74 Å². The van der Waals surface area contributed by atoms with E-state index in [1.54, 1.807) is 0 Å². The van der Waals surface area contributed by atoms with Gasteiger partial charge in [0.15, 0.2) is 0 Å². The number of rotatable bonds is 8. The molecule has 1 aromatic rings. The van der Waals surface area contributed by atoms with Gasteiger partial charge in [0.25, 0.3) is 0 Å². The van der Waals surface area contributed by atoms with Crippen LogP contribution in [0.5, 0.6) is 0 Å². The van der Waals surface area contributed by atoms with Crippen molar-refractivity contribution in [3.8, 4) is 0 Å². The number of hydrogen-bond donors (Lipinski definition) is 1. The summed E-state index contributed by atoms with van der Waals surface area (Å²) in [6.07, 6.45) is 5.25. The fourth-order valence-electron chi connectivity index (χ4n) is 2.93. The van der Waals surface area contributed by atoms with E-state index < -0.39 is 0 Å². The zero-order valence-electron chi connectivity index (χ0n) is 13.6. The average Bonchev–Trinajstić information content (AvgIpc) is 2.53. The minimum Gasteiger partial charge on any atom is -0.371 e. The molecule has 2 rings (SSSR count). The molecule has 0 amide bonds. The summed E-state index contributed by atoms with van der Waals surface area (Å²) in [6, 6.07) is 11.2. The van der Waals surface area contributed by atoms with Crippen LogP contribution in [0.2, 0.25) is 0 Å². The fourth-order valence-corrected chi connectivity index (χ4v) is 2.93. The first kappa shape index (κ1) is 16.5. The SMILES string of the molecule is CCCNCC(OCC1CCCCN1C)c1ccccc1. The summed E-state index contributed by atoms with van der Waals surface area (Å²) < 4.78 is 6.28. The van der Waals surface area contributed by atoms with Crippen LogP contribution in [0.15, 0.2) is 30.3 Å². The van der Waals surface area contributed by atoms with Crippen molar-refractivity contribution in [2.24, 2.45) is 0 Å². The van der Waals surface area contributed by atoms with Gasteiger partial charge >= 0.3 is 0 Å². The average molecular weight is 290 g/mol. The van der Waals surface area contributed by atoms with Crippen molar-refractivity contribution >= 4 is 0 Å². The zero-order chi connectivity index (χ0) is 14.9. The summed E-state index contributed by atoms with van der Waals surface area (Å²) in [5.74, 6) is 0. The van der Waals surface area contributed by atoms with Crippen molar-refractivity contribution < 1.29 is 4.74 Å². The highest BCUT2D eigenvalue weighted by Gasteiger charge is 2.21. The number of piperidine rings is 1. The van der Waals surface area contributed by atoms with Gasteiger partial charge in [-0.05, 0) is 45.0 Å². The lowest BCUT2D eigenvalue weighted by atomic mass is 10.0. The Bertz CT molecular complexity index is 382. The number of hydrogen-bond acceptors (Lipinski definition) is 3. The molecule has 0 aromatic heterocycles. The lowest BCUT2D eigenvalue weighted by Crippen LogP contribution is -2.40. The molecule has 3 heteroatoms. The summed E-state index contributed by atoms with van der Waals surface area (Å²) in [5, 5.41) is 3.49. The molecule has 1 aromatic carbocycles. The third-order valence-corrected chi connectivity index (χ3v) is 4.34. The summed E-state index contributed by atoms with van der Waals surface area (Å²) >= 11 is 0. The first-order chi connectivity index (χ1) is 10.3. The molecule has 1 N–H and O–H groups in total. The smallest absolute Gasteiger partial charge is 0.0949 e. The highest BCUT2D eigenvalue weighted by Crippen LogP contribution is 2.20. The van der Waals surface area contributed by atoms with Gasteiger partial charge in [-0.3, -0.25) is 0 Å². The minimum atomic E-state index is 0.160. The molecule has 2 unspecified atom stereocenters. The number of nitrogens with one attached hydrogen (secondary N) is 1. The van der Waals surface area contributed by atoms with Crippen LogP contribution < -0.4 is 5.32 Å². The van der Waals surface area contributed by atoms with Crippen LogP contribution in [0.25, 0.3) is 0 Å².